The van der Waals surface area contributed by atoms with Crippen molar-refractivity contribution in [3.8, 4) is 0 Å². The van der Waals surface area contributed by atoms with Crippen molar-refractivity contribution in [2.45, 2.75) is 66.6 Å². The van der Waals surface area contributed by atoms with Gasteiger partial charge in [-0.3, -0.25) is 28.8 Å². The molecule has 0 aromatic heterocycles. The third-order valence-electron chi connectivity index (χ3n) is 9.74. The Bertz CT molecular complexity index is 1690. The van der Waals surface area contributed by atoms with E-state index in [-0.39, 0.29) is 11.1 Å². The van der Waals surface area contributed by atoms with Gasteiger partial charge in [0.15, 0.2) is 23.1 Å². The van der Waals surface area contributed by atoms with Crippen LogP contribution in [0.1, 0.15) is 98.4 Å². The van der Waals surface area contributed by atoms with Gasteiger partial charge in [0.05, 0.1) is 10.8 Å². The summed E-state index contributed by atoms with van der Waals surface area (Å²) in [5, 5.41) is 0. The van der Waals surface area contributed by atoms with E-state index in [2.05, 4.69) is 31.9 Å². The number of esters is 2. The Morgan fingerprint density at radius 3 is 1.12 bits per heavy atom. The van der Waals surface area contributed by atoms with Gasteiger partial charge in [0.2, 0.25) is 0 Å². The number of ether oxygens (including phenoxy) is 2. The quantitative estimate of drug-likeness (QED) is 0.128. The van der Waals surface area contributed by atoms with Crippen LogP contribution in [-0.4, -0.2) is 35.1 Å². The monoisotopic (exact) mass is 778 g/mol. The molecule has 0 aliphatic carbocycles. The van der Waals surface area contributed by atoms with Crippen LogP contribution < -0.4 is 0 Å². The molecule has 4 atom stereocenters. The van der Waals surface area contributed by atoms with Gasteiger partial charge in [-0.2, -0.15) is 0 Å². The van der Waals surface area contributed by atoms with Crippen LogP contribution in [0.2, 0.25) is 0 Å². The number of carbonyl (C=O) groups is 6. The highest BCUT2D eigenvalue weighted by Gasteiger charge is 2.60. The molecule has 2 heterocycles. The van der Waals surface area contributed by atoms with Gasteiger partial charge in [-0.25, -0.2) is 0 Å². The smallest absolute Gasteiger partial charge is 0.320 e. The van der Waals surface area contributed by atoms with Gasteiger partial charge < -0.3 is 9.47 Å². The lowest BCUT2D eigenvalue weighted by Gasteiger charge is -2.44. The second-order valence-electron chi connectivity index (χ2n) is 14.2. The zero-order valence-corrected chi connectivity index (χ0v) is 30.7. The highest BCUT2D eigenvalue weighted by atomic mass is 79.9. The lowest BCUT2D eigenvalue weighted by molar-refractivity contribution is -0.189. The van der Waals surface area contributed by atoms with Crippen LogP contribution >= 0.6 is 31.9 Å². The van der Waals surface area contributed by atoms with Crippen molar-refractivity contribution in [1.29, 1.82) is 0 Å². The van der Waals surface area contributed by atoms with Crippen molar-refractivity contribution in [2.24, 2.45) is 21.7 Å². The van der Waals surface area contributed by atoms with Crippen molar-refractivity contribution in [3.05, 3.63) is 104 Å². The molecule has 0 unspecified atom stereocenters. The normalized spacial score (nSPS) is 26.4. The molecule has 2 saturated heterocycles. The van der Waals surface area contributed by atoms with Crippen molar-refractivity contribution >= 4 is 66.9 Å². The highest BCUT2D eigenvalue weighted by Crippen LogP contribution is 2.51. The summed E-state index contributed by atoms with van der Waals surface area (Å²) in [5.41, 5.74) is -3.90. The van der Waals surface area contributed by atoms with Gasteiger partial charge in [0.1, 0.15) is 23.0 Å². The van der Waals surface area contributed by atoms with Gasteiger partial charge in [-0.15, -0.1) is 0 Å². The molecular formula is C38H36Br2O8. The largest absolute Gasteiger partial charge is 0.456 e. The van der Waals surface area contributed by atoms with Crippen LogP contribution in [0.25, 0.3) is 0 Å². The zero-order valence-electron chi connectivity index (χ0n) is 27.5. The molecule has 2 fully saturated rings. The van der Waals surface area contributed by atoms with Crippen molar-refractivity contribution < 1.29 is 38.2 Å². The van der Waals surface area contributed by atoms with Crippen LogP contribution in [0.5, 0.6) is 0 Å². The number of hydrogen-bond acceptors (Lipinski definition) is 8. The number of benzene rings is 3. The van der Waals surface area contributed by atoms with Crippen LogP contribution in [0.4, 0.5) is 0 Å². The molecule has 2 aliphatic heterocycles. The fourth-order valence-corrected chi connectivity index (χ4v) is 7.38. The Morgan fingerprint density at radius 1 is 0.542 bits per heavy atom. The summed E-state index contributed by atoms with van der Waals surface area (Å²) < 4.78 is 13.3. The Labute approximate surface area is 296 Å². The maximum Gasteiger partial charge on any atom is 0.320 e. The lowest BCUT2D eigenvalue weighted by Crippen LogP contribution is -2.54. The minimum absolute atomic E-state index is 0.194. The Morgan fingerprint density at radius 2 is 0.833 bits per heavy atom. The Hall–Kier alpha value is -3.76. The molecular weight excluding hydrogens is 744 g/mol. The van der Waals surface area contributed by atoms with E-state index in [4.69, 9.17) is 9.47 Å². The lowest BCUT2D eigenvalue weighted by atomic mass is 9.64. The first kappa shape index (κ1) is 35.5. The molecule has 0 spiro atoms. The van der Waals surface area contributed by atoms with Crippen molar-refractivity contribution in [2.75, 3.05) is 0 Å². The molecule has 0 saturated carbocycles. The first-order valence-electron chi connectivity index (χ1n) is 15.5. The van der Waals surface area contributed by atoms with E-state index in [1.807, 2.05) is 0 Å². The van der Waals surface area contributed by atoms with E-state index in [1.165, 1.54) is 38.1 Å². The van der Waals surface area contributed by atoms with E-state index in [9.17, 15) is 28.8 Å². The van der Waals surface area contributed by atoms with E-state index >= 15 is 0 Å². The Balaban J connectivity index is 1.29. The Kier molecular flexibility index (Phi) is 9.33. The average Bonchev–Trinajstić information content (AvgIpc) is 3.04. The van der Waals surface area contributed by atoms with E-state index in [1.54, 1.807) is 76.2 Å². The third-order valence-corrected chi connectivity index (χ3v) is 10.8. The maximum absolute atomic E-state index is 13.8. The molecule has 10 heteroatoms. The summed E-state index contributed by atoms with van der Waals surface area (Å²) >= 11 is 6.76. The predicted molar refractivity (Wildman–Crippen MR) is 184 cm³/mol. The summed E-state index contributed by atoms with van der Waals surface area (Å²) in [6.45, 7) is 9.66. The molecule has 2 aliphatic rings. The van der Waals surface area contributed by atoms with E-state index in [0.717, 1.165) is 8.95 Å². The predicted octanol–water partition coefficient (Wildman–Crippen LogP) is 8.16. The second kappa shape index (κ2) is 12.6. The SMILES string of the molecule is CC1(C)C(=O)[C@@](C)(CC(=O)c2ccc(C(=O)C[C@]3(C)C(=O)O[C@@H](c4ccc(Br)cc4)C(C)(C)C3=O)cc2)C(=O)O[C@H]1c1ccc(Br)cc1. The van der Waals surface area contributed by atoms with Gasteiger partial charge >= 0.3 is 11.9 Å². The molecule has 0 N–H and O–H groups in total. The van der Waals surface area contributed by atoms with Crippen molar-refractivity contribution in [1.82, 2.24) is 0 Å². The molecule has 250 valence electrons. The van der Waals surface area contributed by atoms with Crippen LogP contribution in [0.15, 0.2) is 81.7 Å². The third kappa shape index (κ3) is 6.13. The van der Waals surface area contributed by atoms with E-state index < -0.39 is 81.8 Å². The number of Topliss-reactive ketones (excluding diaryl/α,β-unsaturated/α-hetero) is 4. The highest BCUT2D eigenvalue weighted by molar-refractivity contribution is 9.10. The molecule has 8 nitrogen and oxygen atoms in total. The van der Waals surface area contributed by atoms with Crippen LogP contribution in [0, 0.1) is 21.7 Å². The minimum Gasteiger partial charge on any atom is -0.456 e. The minimum atomic E-state index is -1.71. The number of ketones is 4. The molecule has 5 rings (SSSR count). The number of rotatable bonds is 8. The van der Waals surface area contributed by atoms with Crippen molar-refractivity contribution in [3.63, 3.8) is 0 Å². The summed E-state index contributed by atoms with van der Waals surface area (Å²) in [6.07, 6.45) is -2.46. The molecule has 3 aromatic rings. The first-order chi connectivity index (χ1) is 22.3. The fourth-order valence-electron chi connectivity index (χ4n) is 6.85. The van der Waals surface area contributed by atoms with Crippen LogP contribution in [0.3, 0.4) is 0 Å². The molecule has 3 aromatic carbocycles. The summed E-state index contributed by atoms with van der Waals surface area (Å²) in [5.74, 6) is -3.30. The van der Waals surface area contributed by atoms with Crippen LogP contribution in [-0.2, 0) is 28.7 Å². The summed E-state index contributed by atoms with van der Waals surface area (Å²) in [7, 11) is 0. The van der Waals surface area contributed by atoms with Gasteiger partial charge in [-0.1, -0.05) is 80.4 Å². The molecule has 0 bridgehead atoms. The standard InChI is InChI=1S/C38H36Br2O8/c1-35(2)29(23-11-15-25(39)16-12-23)47-33(45)37(5,31(35)43)19-27(41)21-7-9-22(10-8-21)28(42)20-38(6)32(44)36(3,4)30(48-34(38)46)24-13-17-26(40)18-14-24/h7-18,29-30H,19-20H2,1-6H3/t29-,30-,37-,38+/m0/s1. The number of halogens is 2. The van der Waals surface area contributed by atoms with Gasteiger partial charge in [0.25, 0.3) is 0 Å². The van der Waals surface area contributed by atoms with Gasteiger partial charge in [-0.05, 0) is 76.9 Å². The van der Waals surface area contributed by atoms with E-state index in [0.29, 0.717) is 11.1 Å². The molecule has 0 amide bonds. The first-order valence-corrected chi connectivity index (χ1v) is 17.1. The summed E-state index contributed by atoms with van der Waals surface area (Å²) in [4.78, 5) is 81.0. The van der Waals surface area contributed by atoms with Gasteiger partial charge in [0, 0.05) is 32.9 Å². The molecule has 0 radical (unpaired) electrons. The maximum atomic E-state index is 13.8. The zero-order chi connectivity index (χ0) is 35.4. The number of hydrogen-bond donors (Lipinski definition) is 0. The fraction of sp³-hybridized carbons (Fsp3) is 0.368. The average molecular weight is 781 g/mol. The topological polar surface area (TPSA) is 121 Å². The summed E-state index contributed by atoms with van der Waals surface area (Å²) in [6, 6.07) is 20.1. The number of carbonyl (C=O) groups excluding carboxylic acids is 6. The molecule has 48 heavy (non-hydrogen) atoms. The second-order valence-corrected chi connectivity index (χ2v) is 16.0. The number of cyclic esters (lactones) is 2.